The van der Waals surface area contributed by atoms with Gasteiger partial charge >= 0.3 is 0 Å². The normalized spacial score (nSPS) is 17.6. The Morgan fingerprint density at radius 3 is 2.76 bits per heavy atom. The van der Waals surface area contributed by atoms with Gasteiger partial charge in [-0.05, 0) is 31.0 Å². The Morgan fingerprint density at radius 2 is 2.24 bits per heavy atom. The first-order chi connectivity index (χ1) is 8.22. The van der Waals surface area contributed by atoms with Gasteiger partial charge in [0.25, 0.3) is 0 Å². The molecular weight excluding hydrogens is 240 g/mol. The van der Waals surface area contributed by atoms with Gasteiger partial charge in [-0.2, -0.15) is 0 Å². The van der Waals surface area contributed by atoms with E-state index in [1.165, 1.54) is 0 Å². The number of benzene rings is 1. The number of hydrogen-bond acceptors (Lipinski definition) is 3. The van der Waals surface area contributed by atoms with Crippen LogP contribution in [0.25, 0.3) is 0 Å². The molecule has 0 atom stereocenters. The standard InChI is InChI=1S/C13H17ClO3/c1-16-12-4-3-10(14)7-11(12)13(5-2-6-15)8-17-9-13/h3-4,7,15H,2,5-6,8-9H2,1H3. The van der Waals surface area contributed by atoms with E-state index in [1.54, 1.807) is 7.11 Å². The summed E-state index contributed by atoms with van der Waals surface area (Å²) in [6.45, 7) is 1.54. The second-order valence-corrected chi connectivity index (χ2v) is 4.88. The molecule has 0 amide bonds. The lowest BCUT2D eigenvalue weighted by molar-refractivity contribution is -0.0673. The Labute approximate surface area is 106 Å². The molecule has 1 aromatic rings. The van der Waals surface area contributed by atoms with Crippen LogP contribution in [0.5, 0.6) is 5.75 Å². The monoisotopic (exact) mass is 256 g/mol. The maximum Gasteiger partial charge on any atom is 0.122 e. The second-order valence-electron chi connectivity index (χ2n) is 4.44. The van der Waals surface area contributed by atoms with Crippen LogP contribution in [-0.2, 0) is 10.2 Å². The molecule has 17 heavy (non-hydrogen) atoms. The molecule has 0 unspecified atom stereocenters. The van der Waals surface area contributed by atoms with Gasteiger partial charge in [0.1, 0.15) is 5.75 Å². The summed E-state index contributed by atoms with van der Waals surface area (Å²) >= 11 is 6.05. The van der Waals surface area contributed by atoms with Crippen LogP contribution in [0, 0.1) is 0 Å². The van der Waals surface area contributed by atoms with E-state index < -0.39 is 0 Å². The fourth-order valence-electron chi connectivity index (χ4n) is 2.30. The quantitative estimate of drug-likeness (QED) is 0.879. The summed E-state index contributed by atoms with van der Waals surface area (Å²) in [6, 6.07) is 5.65. The van der Waals surface area contributed by atoms with Crippen molar-refractivity contribution in [2.45, 2.75) is 18.3 Å². The molecule has 0 radical (unpaired) electrons. The average molecular weight is 257 g/mol. The average Bonchev–Trinajstić information content (AvgIpc) is 2.28. The van der Waals surface area contributed by atoms with Gasteiger partial charge in [-0.15, -0.1) is 0 Å². The Morgan fingerprint density at radius 1 is 1.47 bits per heavy atom. The molecule has 1 heterocycles. The van der Waals surface area contributed by atoms with Crippen molar-refractivity contribution >= 4 is 11.6 Å². The number of methoxy groups -OCH3 is 1. The number of halogens is 1. The molecule has 1 saturated heterocycles. The number of hydrogen-bond donors (Lipinski definition) is 1. The second kappa shape index (κ2) is 5.25. The van der Waals surface area contributed by atoms with Crippen molar-refractivity contribution in [2.24, 2.45) is 0 Å². The summed E-state index contributed by atoms with van der Waals surface area (Å²) in [7, 11) is 1.66. The van der Waals surface area contributed by atoms with Gasteiger partial charge in [-0.1, -0.05) is 11.6 Å². The highest BCUT2D eigenvalue weighted by atomic mass is 35.5. The first kappa shape index (κ1) is 12.7. The van der Waals surface area contributed by atoms with Crippen LogP contribution in [0.4, 0.5) is 0 Å². The van der Waals surface area contributed by atoms with E-state index in [0.717, 1.165) is 24.2 Å². The lowest BCUT2D eigenvalue weighted by atomic mass is 9.74. The Bertz CT molecular complexity index is 388. The minimum absolute atomic E-state index is 0.0427. The van der Waals surface area contributed by atoms with Crippen molar-refractivity contribution in [1.29, 1.82) is 0 Å². The number of aliphatic hydroxyl groups excluding tert-OH is 1. The molecule has 1 aliphatic rings. The largest absolute Gasteiger partial charge is 0.496 e. The SMILES string of the molecule is COc1ccc(Cl)cc1C1(CCCO)COC1. The highest BCUT2D eigenvalue weighted by molar-refractivity contribution is 6.30. The zero-order chi connectivity index (χ0) is 12.3. The van der Waals surface area contributed by atoms with Crippen molar-refractivity contribution in [1.82, 2.24) is 0 Å². The lowest BCUT2D eigenvalue weighted by Crippen LogP contribution is -2.47. The van der Waals surface area contributed by atoms with Crippen LogP contribution < -0.4 is 4.74 Å². The van der Waals surface area contributed by atoms with Crippen LogP contribution in [-0.4, -0.2) is 32.0 Å². The van der Waals surface area contributed by atoms with Crippen molar-refractivity contribution < 1.29 is 14.6 Å². The summed E-state index contributed by atoms with van der Waals surface area (Å²) in [5.41, 5.74) is 1.05. The minimum atomic E-state index is -0.0427. The van der Waals surface area contributed by atoms with E-state index >= 15 is 0 Å². The van der Waals surface area contributed by atoms with Gasteiger partial charge in [-0.25, -0.2) is 0 Å². The first-order valence-corrected chi connectivity index (χ1v) is 6.12. The van der Waals surface area contributed by atoms with Crippen molar-refractivity contribution in [3.63, 3.8) is 0 Å². The van der Waals surface area contributed by atoms with Crippen molar-refractivity contribution in [2.75, 3.05) is 26.9 Å². The van der Waals surface area contributed by atoms with Crippen LogP contribution >= 0.6 is 11.6 Å². The fraction of sp³-hybridized carbons (Fsp3) is 0.538. The van der Waals surface area contributed by atoms with Crippen molar-refractivity contribution in [3.05, 3.63) is 28.8 Å². The van der Waals surface area contributed by atoms with Gasteiger partial charge in [0.15, 0.2) is 0 Å². The summed E-state index contributed by atoms with van der Waals surface area (Å²) < 4.78 is 10.7. The summed E-state index contributed by atoms with van der Waals surface area (Å²) in [6.07, 6.45) is 1.65. The number of aliphatic hydroxyl groups is 1. The summed E-state index contributed by atoms with van der Waals surface area (Å²) in [4.78, 5) is 0. The molecule has 0 aliphatic carbocycles. The molecule has 0 saturated carbocycles. The van der Waals surface area contributed by atoms with Gasteiger partial charge < -0.3 is 14.6 Å². The van der Waals surface area contributed by atoms with E-state index in [0.29, 0.717) is 18.2 Å². The highest BCUT2D eigenvalue weighted by Gasteiger charge is 2.41. The Hall–Kier alpha value is -0.770. The van der Waals surface area contributed by atoms with Gasteiger partial charge in [0.05, 0.1) is 20.3 Å². The zero-order valence-corrected chi connectivity index (χ0v) is 10.7. The van der Waals surface area contributed by atoms with E-state index in [1.807, 2.05) is 18.2 Å². The van der Waals surface area contributed by atoms with E-state index in [9.17, 15) is 0 Å². The van der Waals surface area contributed by atoms with Crippen LogP contribution in [0.3, 0.4) is 0 Å². The first-order valence-electron chi connectivity index (χ1n) is 5.74. The molecule has 0 aromatic heterocycles. The topological polar surface area (TPSA) is 38.7 Å². The summed E-state index contributed by atoms with van der Waals surface area (Å²) in [5, 5.41) is 9.68. The number of rotatable bonds is 5. The Kier molecular flexibility index (Phi) is 3.92. The van der Waals surface area contributed by atoms with Crippen molar-refractivity contribution in [3.8, 4) is 5.75 Å². The lowest BCUT2D eigenvalue weighted by Gasteiger charge is -2.42. The van der Waals surface area contributed by atoms with Crippen LogP contribution in [0.1, 0.15) is 18.4 Å². The molecule has 2 rings (SSSR count). The Balaban J connectivity index is 2.32. The van der Waals surface area contributed by atoms with Crippen LogP contribution in [0.2, 0.25) is 5.02 Å². The van der Waals surface area contributed by atoms with E-state index in [4.69, 9.17) is 26.2 Å². The maximum absolute atomic E-state index is 8.98. The fourth-order valence-corrected chi connectivity index (χ4v) is 2.47. The molecule has 1 fully saturated rings. The molecule has 1 aromatic carbocycles. The van der Waals surface area contributed by atoms with Gasteiger partial charge in [-0.3, -0.25) is 0 Å². The third kappa shape index (κ3) is 2.41. The molecular formula is C13H17ClO3. The zero-order valence-electron chi connectivity index (χ0n) is 9.91. The molecule has 0 spiro atoms. The highest BCUT2D eigenvalue weighted by Crippen LogP contribution is 2.42. The van der Waals surface area contributed by atoms with Gasteiger partial charge in [0.2, 0.25) is 0 Å². The molecule has 1 aliphatic heterocycles. The smallest absolute Gasteiger partial charge is 0.122 e. The predicted molar refractivity (Wildman–Crippen MR) is 66.8 cm³/mol. The molecule has 3 nitrogen and oxygen atoms in total. The summed E-state index contributed by atoms with van der Waals surface area (Å²) in [5.74, 6) is 0.843. The maximum atomic E-state index is 8.98. The molecule has 1 N–H and O–H groups in total. The van der Waals surface area contributed by atoms with Crippen LogP contribution in [0.15, 0.2) is 18.2 Å². The third-order valence-electron chi connectivity index (χ3n) is 3.30. The number of ether oxygens (including phenoxy) is 2. The minimum Gasteiger partial charge on any atom is -0.496 e. The van der Waals surface area contributed by atoms with E-state index in [2.05, 4.69) is 0 Å². The predicted octanol–water partition coefficient (Wildman–Crippen LogP) is 2.39. The van der Waals surface area contributed by atoms with Gasteiger partial charge in [0, 0.05) is 22.6 Å². The molecule has 0 bridgehead atoms. The third-order valence-corrected chi connectivity index (χ3v) is 3.54. The molecule has 4 heteroatoms. The molecule has 94 valence electrons. The van der Waals surface area contributed by atoms with E-state index in [-0.39, 0.29) is 12.0 Å².